The maximum absolute atomic E-state index is 12.1. The van der Waals surface area contributed by atoms with Gasteiger partial charge < -0.3 is 4.74 Å². The van der Waals surface area contributed by atoms with Gasteiger partial charge in [0.1, 0.15) is 0 Å². The first-order valence-corrected chi connectivity index (χ1v) is 7.04. The molecule has 0 heterocycles. The summed E-state index contributed by atoms with van der Waals surface area (Å²) in [6.45, 7) is 2.28. The van der Waals surface area contributed by atoms with Gasteiger partial charge >= 0.3 is 5.97 Å². The van der Waals surface area contributed by atoms with Crippen LogP contribution in [0.15, 0.2) is 60.7 Å². The second-order valence-corrected chi connectivity index (χ2v) is 4.83. The number of carbonyl (C=O) groups excluding carboxylic acids is 1. The monoisotopic (exact) mass is 268 g/mol. The van der Waals surface area contributed by atoms with Gasteiger partial charge in [0.2, 0.25) is 0 Å². The van der Waals surface area contributed by atoms with E-state index < -0.39 is 0 Å². The number of benzene rings is 2. The normalized spacial score (nSPS) is 10.5. The van der Waals surface area contributed by atoms with E-state index in [2.05, 4.69) is 24.3 Å². The average molecular weight is 268 g/mol. The minimum atomic E-state index is -0.125. The van der Waals surface area contributed by atoms with E-state index in [1.807, 2.05) is 43.3 Å². The molecule has 0 bridgehead atoms. The molecule has 0 N–H and O–H groups in total. The Morgan fingerprint density at radius 3 is 1.75 bits per heavy atom. The van der Waals surface area contributed by atoms with E-state index in [0.29, 0.717) is 19.4 Å². The standard InChI is InChI=1S/C18H20O2/c1-2-20-18(19)17(13-15-9-5-3-6-10-15)14-16-11-7-4-8-12-16/h3-12,17H,2,13-14H2,1H3. The highest BCUT2D eigenvalue weighted by atomic mass is 16.5. The second kappa shape index (κ2) is 7.49. The molecule has 0 unspecified atom stereocenters. The summed E-state index contributed by atoms with van der Waals surface area (Å²) in [6, 6.07) is 20.2. The molecule has 0 aromatic heterocycles. The molecule has 0 radical (unpaired) electrons. The first-order valence-electron chi connectivity index (χ1n) is 7.04. The minimum absolute atomic E-state index is 0.111. The molecule has 20 heavy (non-hydrogen) atoms. The van der Waals surface area contributed by atoms with Gasteiger partial charge in [-0.25, -0.2) is 0 Å². The quantitative estimate of drug-likeness (QED) is 0.747. The number of rotatable bonds is 6. The largest absolute Gasteiger partial charge is 0.466 e. The topological polar surface area (TPSA) is 26.3 Å². The number of ether oxygens (including phenoxy) is 1. The molecule has 0 saturated heterocycles. The zero-order chi connectivity index (χ0) is 14.2. The van der Waals surface area contributed by atoms with Crippen LogP contribution < -0.4 is 0 Å². The molecule has 2 nitrogen and oxygen atoms in total. The van der Waals surface area contributed by atoms with E-state index in [1.54, 1.807) is 0 Å². The van der Waals surface area contributed by atoms with Gasteiger partial charge in [0, 0.05) is 0 Å². The van der Waals surface area contributed by atoms with Crippen molar-refractivity contribution in [3.63, 3.8) is 0 Å². The lowest BCUT2D eigenvalue weighted by Gasteiger charge is -2.15. The van der Waals surface area contributed by atoms with E-state index in [4.69, 9.17) is 4.74 Å². The molecule has 0 amide bonds. The minimum Gasteiger partial charge on any atom is -0.466 e. The van der Waals surface area contributed by atoms with Crippen LogP contribution in [0.2, 0.25) is 0 Å². The fourth-order valence-electron chi connectivity index (χ4n) is 2.30. The zero-order valence-electron chi connectivity index (χ0n) is 11.8. The van der Waals surface area contributed by atoms with Gasteiger partial charge in [-0.3, -0.25) is 4.79 Å². The van der Waals surface area contributed by atoms with Gasteiger partial charge in [0.25, 0.3) is 0 Å². The third-order valence-corrected chi connectivity index (χ3v) is 3.27. The lowest BCUT2D eigenvalue weighted by molar-refractivity contribution is -0.147. The van der Waals surface area contributed by atoms with Gasteiger partial charge in [-0.2, -0.15) is 0 Å². The highest BCUT2D eigenvalue weighted by molar-refractivity contribution is 5.73. The molecule has 2 rings (SSSR count). The predicted octanol–water partition coefficient (Wildman–Crippen LogP) is 3.65. The Kier molecular flexibility index (Phi) is 5.36. The van der Waals surface area contributed by atoms with Crippen molar-refractivity contribution in [2.24, 2.45) is 5.92 Å². The van der Waals surface area contributed by atoms with Crippen molar-refractivity contribution in [1.82, 2.24) is 0 Å². The molecule has 0 spiro atoms. The number of hydrogen-bond donors (Lipinski definition) is 0. The third-order valence-electron chi connectivity index (χ3n) is 3.27. The maximum atomic E-state index is 12.1. The summed E-state index contributed by atoms with van der Waals surface area (Å²) in [6.07, 6.45) is 1.43. The van der Waals surface area contributed by atoms with E-state index >= 15 is 0 Å². The van der Waals surface area contributed by atoms with Gasteiger partial charge in [0.15, 0.2) is 0 Å². The summed E-state index contributed by atoms with van der Waals surface area (Å²) in [7, 11) is 0. The van der Waals surface area contributed by atoms with Crippen LogP contribution in [0.25, 0.3) is 0 Å². The van der Waals surface area contributed by atoms with Crippen molar-refractivity contribution in [2.75, 3.05) is 6.61 Å². The predicted molar refractivity (Wildman–Crippen MR) is 80.4 cm³/mol. The van der Waals surface area contributed by atoms with Gasteiger partial charge in [-0.1, -0.05) is 60.7 Å². The number of esters is 1. The molecule has 104 valence electrons. The molecular weight excluding hydrogens is 248 g/mol. The molecule has 0 aliphatic heterocycles. The summed E-state index contributed by atoms with van der Waals surface area (Å²) in [4.78, 5) is 12.1. The van der Waals surface area contributed by atoms with Gasteiger partial charge in [-0.05, 0) is 30.9 Å². The van der Waals surface area contributed by atoms with Crippen molar-refractivity contribution >= 4 is 5.97 Å². The molecule has 2 aromatic rings. The van der Waals surface area contributed by atoms with E-state index in [1.165, 1.54) is 11.1 Å². The van der Waals surface area contributed by atoms with Crippen LogP contribution in [0, 0.1) is 5.92 Å². The Balaban J connectivity index is 2.10. The molecule has 0 fully saturated rings. The molecule has 2 aromatic carbocycles. The third kappa shape index (κ3) is 4.23. The highest BCUT2D eigenvalue weighted by Crippen LogP contribution is 2.16. The second-order valence-electron chi connectivity index (χ2n) is 4.83. The number of hydrogen-bond acceptors (Lipinski definition) is 2. The molecule has 0 aliphatic carbocycles. The molecule has 0 aliphatic rings. The maximum Gasteiger partial charge on any atom is 0.309 e. The summed E-state index contributed by atoms with van der Waals surface area (Å²) >= 11 is 0. The van der Waals surface area contributed by atoms with E-state index in [9.17, 15) is 4.79 Å². The average Bonchev–Trinajstić information content (AvgIpc) is 2.49. The molecule has 0 saturated carbocycles. The SMILES string of the molecule is CCOC(=O)C(Cc1ccccc1)Cc1ccccc1. The van der Waals surface area contributed by atoms with E-state index in [-0.39, 0.29) is 11.9 Å². The van der Waals surface area contributed by atoms with Crippen molar-refractivity contribution in [2.45, 2.75) is 19.8 Å². The van der Waals surface area contributed by atoms with Crippen molar-refractivity contribution < 1.29 is 9.53 Å². The lowest BCUT2D eigenvalue weighted by atomic mass is 9.92. The summed E-state index contributed by atoms with van der Waals surface area (Å²) in [5.41, 5.74) is 2.34. The fourth-order valence-corrected chi connectivity index (χ4v) is 2.30. The summed E-state index contributed by atoms with van der Waals surface area (Å²) in [5.74, 6) is -0.236. The van der Waals surface area contributed by atoms with Crippen LogP contribution >= 0.6 is 0 Å². The van der Waals surface area contributed by atoms with Crippen LogP contribution in [-0.2, 0) is 22.4 Å². The lowest BCUT2D eigenvalue weighted by Crippen LogP contribution is -2.22. The van der Waals surface area contributed by atoms with Crippen molar-refractivity contribution in [3.8, 4) is 0 Å². The van der Waals surface area contributed by atoms with Crippen molar-refractivity contribution in [3.05, 3.63) is 71.8 Å². The molecular formula is C18H20O2. The van der Waals surface area contributed by atoms with Crippen molar-refractivity contribution in [1.29, 1.82) is 0 Å². The Morgan fingerprint density at radius 2 is 1.35 bits per heavy atom. The molecule has 2 heteroatoms. The van der Waals surface area contributed by atoms with E-state index in [0.717, 1.165) is 0 Å². The first kappa shape index (κ1) is 14.3. The van der Waals surface area contributed by atoms with Gasteiger partial charge in [0.05, 0.1) is 12.5 Å². The first-order chi connectivity index (χ1) is 9.79. The van der Waals surface area contributed by atoms with Crippen LogP contribution in [0.5, 0.6) is 0 Å². The Hall–Kier alpha value is -2.09. The summed E-state index contributed by atoms with van der Waals surface area (Å²) < 4.78 is 5.21. The molecule has 0 atom stereocenters. The highest BCUT2D eigenvalue weighted by Gasteiger charge is 2.20. The smallest absolute Gasteiger partial charge is 0.309 e. The summed E-state index contributed by atoms with van der Waals surface area (Å²) in [5, 5.41) is 0. The fraction of sp³-hybridized carbons (Fsp3) is 0.278. The van der Waals surface area contributed by atoms with Crippen LogP contribution in [0.3, 0.4) is 0 Å². The Bertz CT molecular complexity index is 478. The van der Waals surface area contributed by atoms with Crippen LogP contribution in [0.4, 0.5) is 0 Å². The number of carbonyl (C=O) groups is 1. The zero-order valence-corrected chi connectivity index (χ0v) is 11.8. The van der Waals surface area contributed by atoms with Crippen LogP contribution in [0.1, 0.15) is 18.1 Å². The van der Waals surface area contributed by atoms with Gasteiger partial charge in [-0.15, -0.1) is 0 Å². The van der Waals surface area contributed by atoms with Crippen LogP contribution in [-0.4, -0.2) is 12.6 Å². The Morgan fingerprint density at radius 1 is 0.900 bits per heavy atom. The Labute approximate surface area is 120 Å².